The molecule has 0 heterocycles. The van der Waals surface area contributed by atoms with Crippen molar-refractivity contribution in [3.05, 3.63) is 0 Å². The maximum Gasteiger partial charge on any atom is 0.225 e. The summed E-state index contributed by atoms with van der Waals surface area (Å²) in [6, 6.07) is 0. The van der Waals surface area contributed by atoms with E-state index in [0.29, 0.717) is 6.61 Å². The Bertz CT molecular complexity index is 151. The summed E-state index contributed by atoms with van der Waals surface area (Å²) in [7, 11) is -1.65. The van der Waals surface area contributed by atoms with Crippen molar-refractivity contribution < 1.29 is 13.2 Å². The highest BCUT2D eigenvalue weighted by Crippen LogP contribution is 1.75. The topological polar surface area (TPSA) is 57.5 Å². The van der Waals surface area contributed by atoms with E-state index in [4.69, 9.17) is 0 Å². The van der Waals surface area contributed by atoms with Crippen LogP contribution in [0.4, 0.5) is 0 Å². The average Bonchev–Trinajstić information content (AvgIpc) is 1.63. The Balaban J connectivity index is 3.30. The van der Waals surface area contributed by atoms with Crippen molar-refractivity contribution in [2.45, 2.75) is 0 Å². The highest BCUT2D eigenvalue weighted by molar-refractivity contribution is 7.88. The van der Waals surface area contributed by atoms with Crippen LogP contribution in [0.2, 0.25) is 0 Å². The van der Waals surface area contributed by atoms with E-state index in [1.165, 1.54) is 7.11 Å². The average molecular weight is 152 g/mol. The van der Waals surface area contributed by atoms with Gasteiger partial charge in [0.1, 0.15) is 0 Å². The molecule has 0 saturated heterocycles. The first-order chi connectivity index (χ1) is 4.06. The minimum Gasteiger partial charge on any atom is -0.383 e. The van der Waals surface area contributed by atoms with Crippen LogP contribution in [0.15, 0.2) is 0 Å². The van der Waals surface area contributed by atoms with Gasteiger partial charge < -0.3 is 4.74 Å². The van der Waals surface area contributed by atoms with Crippen LogP contribution in [0.5, 0.6) is 0 Å². The van der Waals surface area contributed by atoms with Crippen molar-refractivity contribution in [2.75, 3.05) is 26.5 Å². The summed E-state index contributed by atoms with van der Waals surface area (Å²) >= 11 is 0. The zero-order valence-electron chi connectivity index (χ0n) is 5.49. The van der Waals surface area contributed by atoms with Gasteiger partial charge in [-0.3, -0.25) is 0 Å². The molecule has 5 heteroatoms. The normalized spacial score (nSPS) is 11.8. The highest BCUT2D eigenvalue weighted by Gasteiger charge is 1.99. The molecule has 0 aromatic rings. The van der Waals surface area contributed by atoms with Gasteiger partial charge in [0.05, 0.1) is 19.4 Å². The summed E-state index contributed by atoms with van der Waals surface area (Å²) in [5.74, 6) is 0. The first-order valence-electron chi connectivity index (χ1n) is 2.44. The lowest BCUT2D eigenvalue weighted by Gasteiger charge is -1.95. The van der Waals surface area contributed by atoms with E-state index in [9.17, 15) is 8.42 Å². The minimum atomic E-state index is -3.15. The molecule has 0 aliphatic rings. The van der Waals surface area contributed by atoms with Crippen molar-refractivity contribution >= 4 is 10.0 Å². The lowest BCUT2D eigenvalue weighted by Crippen LogP contribution is -2.18. The van der Waals surface area contributed by atoms with Crippen molar-refractivity contribution in [3.63, 3.8) is 0 Å². The Labute approximate surface area is 55.3 Å². The third-order valence-corrected chi connectivity index (χ3v) is 1.27. The molecule has 0 aliphatic heterocycles. The van der Waals surface area contributed by atoms with Gasteiger partial charge in [0.25, 0.3) is 0 Å². The Morgan fingerprint density at radius 1 is 1.56 bits per heavy atom. The fourth-order valence-corrected chi connectivity index (χ4v) is 0.701. The molecular weight excluding hydrogens is 142 g/mol. The second-order valence-electron chi connectivity index (χ2n) is 1.58. The SMILES string of the molecule is COCC[N]S(C)(=O)=O. The number of ether oxygens (including phenoxy) is 1. The molecule has 0 aromatic carbocycles. The lowest BCUT2D eigenvalue weighted by atomic mass is 10.7. The van der Waals surface area contributed by atoms with Gasteiger partial charge >= 0.3 is 0 Å². The number of methoxy groups -OCH3 is 1. The van der Waals surface area contributed by atoms with E-state index < -0.39 is 10.0 Å². The third kappa shape index (κ3) is 7.87. The Morgan fingerprint density at radius 3 is 2.44 bits per heavy atom. The van der Waals surface area contributed by atoms with Gasteiger partial charge in [-0.2, -0.15) is 0 Å². The van der Waals surface area contributed by atoms with Crippen molar-refractivity contribution in [1.29, 1.82) is 0 Å². The van der Waals surface area contributed by atoms with Gasteiger partial charge in [-0.1, -0.05) is 0 Å². The maximum atomic E-state index is 10.3. The maximum absolute atomic E-state index is 10.3. The van der Waals surface area contributed by atoms with E-state index in [-0.39, 0.29) is 6.54 Å². The van der Waals surface area contributed by atoms with E-state index in [0.717, 1.165) is 6.26 Å². The number of nitrogens with zero attached hydrogens (tertiary/aromatic N) is 1. The molecule has 0 unspecified atom stereocenters. The van der Waals surface area contributed by atoms with Crippen LogP contribution in [0, 0.1) is 0 Å². The molecule has 0 aliphatic carbocycles. The monoisotopic (exact) mass is 152 g/mol. The number of hydrogen-bond acceptors (Lipinski definition) is 3. The standard InChI is InChI=1S/C4H10NO3S/c1-8-4-3-5-9(2,6)7/h3-4H2,1-2H3. The molecular formula is C4H10NO3S. The summed E-state index contributed by atoms with van der Waals surface area (Å²) in [6.45, 7) is 0.572. The number of rotatable bonds is 4. The number of hydrogen-bond donors (Lipinski definition) is 0. The van der Waals surface area contributed by atoms with E-state index in [1.807, 2.05) is 0 Å². The van der Waals surface area contributed by atoms with Crippen LogP contribution in [-0.4, -0.2) is 34.9 Å². The van der Waals surface area contributed by atoms with Crippen LogP contribution in [0.1, 0.15) is 0 Å². The van der Waals surface area contributed by atoms with Crippen LogP contribution < -0.4 is 4.72 Å². The van der Waals surface area contributed by atoms with Gasteiger partial charge in [0.15, 0.2) is 0 Å². The lowest BCUT2D eigenvalue weighted by molar-refractivity contribution is 0.204. The number of sulfonamides is 1. The molecule has 0 spiro atoms. The molecule has 0 rings (SSSR count). The summed E-state index contributed by atoms with van der Waals surface area (Å²) < 4.78 is 28.4. The molecule has 0 N–H and O–H groups in total. The summed E-state index contributed by atoms with van der Waals surface area (Å²) in [4.78, 5) is 0. The molecule has 0 aromatic heterocycles. The van der Waals surface area contributed by atoms with Gasteiger partial charge in [0, 0.05) is 7.11 Å². The van der Waals surface area contributed by atoms with E-state index >= 15 is 0 Å². The fourth-order valence-electron chi connectivity index (χ4n) is 0.294. The first-order valence-corrected chi connectivity index (χ1v) is 4.29. The van der Waals surface area contributed by atoms with E-state index in [1.54, 1.807) is 0 Å². The predicted octanol–water partition coefficient (Wildman–Crippen LogP) is -0.803. The van der Waals surface area contributed by atoms with Gasteiger partial charge in [-0.15, -0.1) is 4.72 Å². The summed E-state index contributed by atoms with van der Waals surface area (Å²) in [6.07, 6.45) is 1.06. The largest absolute Gasteiger partial charge is 0.383 e. The van der Waals surface area contributed by atoms with Crippen molar-refractivity contribution in [3.8, 4) is 0 Å². The Kier molecular flexibility index (Phi) is 3.76. The molecule has 9 heavy (non-hydrogen) atoms. The quantitative estimate of drug-likeness (QED) is 0.495. The predicted molar refractivity (Wildman–Crippen MR) is 33.7 cm³/mol. The van der Waals surface area contributed by atoms with Crippen molar-refractivity contribution in [1.82, 2.24) is 4.72 Å². The Hall–Kier alpha value is -0.130. The molecule has 4 nitrogen and oxygen atoms in total. The molecule has 1 radical (unpaired) electrons. The second kappa shape index (κ2) is 3.81. The van der Waals surface area contributed by atoms with Crippen LogP contribution >= 0.6 is 0 Å². The zero-order valence-corrected chi connectivity index (χ0v) is 6.31. The van der Waals surface area contributed by atoms with Crippen LogP contribution in [0.25, 0.3) is 0 Å². The molecule has 55 valence electrons. The molecule has 0 amide bonds. The fraction of sp³-hybridized carbons (Fsp3) is 1.00. The first kappa shape index (κ1) is 8.87. The summed E-state index contributed by atoms with van der Waals surface area (Å²) in [5, 5.41) is 0. The summed E-state index contributed by atoms with van der Waals surface area (Å²) in [5.41, 5.74) is 0. The van der Waals surface area contributed by atoms with Gasteiger partial charge in [0.2, 0.25) is 10.0 Å². The zero-order chi connectivity index (χ0) is 7.33. The van der Waals surface area contributed by atoms with Crippen molar-refractivity contribution in [2.24, 2.45) is 0 Å². The molecule has 0 bridgehead atoms. The third-order valence-electron chi connectivity index (χ3n) is 0.621. The van der Waals surface area contributed by atoms with Crippen LogP contribution in [0.3, 0.4) is 0 Å². The van der Waals surface area contributed by atoms with E-state index in [2.05, 4.69) is 9.46 Å². The molecule has 0 saturated carbocycles. The smallest absolute Gasteiger partial charge is 0.225 e. The molecule has 0 atom stereocenters. The van der Waals surface area contributed by atoms with Gasteiger partial charge in [-0.05, 0) is 0 Å². The molecule has 0 fully saturated rings. The second-order valence-corrected chi connectivity index (χ2v) is 3.30. The van der Waals surface area contributed by atoms with Crippen LogP contribution in [-0.2, 0) is 14.8 Å². The highest BCUT2D eigenvalue weighted by atomic mass is 32.2. The Morgan fingerprint density at radius 2 is 2.11 bits per heavy atom. The van der Waals surface area contributed by atoms with Gasteiger partial charge in [-0.25, -0.2) is 8.42 Å². The minimum absolute atomic E-state index is 0.218.